The van der Waals surface area contributed by atoms with E-state index in [1.807, 2.05) is 0 Å². The van der Waals surface area contributed by atoms with Crippen LogP contribution in [0.5, 0.6) is 5.75 Å². The maximum atomic E-state index is 12.3. The van der Waals surface area contributed by atoms with Crippen molar-refractivity contribution in [3.8, 4) is 5.75 Å². The highest BCUT2D eigenvalue weighted by molar-refractivity contribution is 6.01. The first kappa shape index (κ1) is 15.7. The number of carbonyl (C=O) groups excluding carboxylic acids is 1. The minimum absolute atomic E-state index is 0.145. The monoisotopic (exact) mass is 290 g/mol. The summed E-state index contributed by atoms with van der Waals surface area (Å²) in [6.07, 6.45) is 6.29. The number of nitrogen functional groups attached to an aromatic ring is 1. The Hall–Kier alpha value is -1.71. The van der Waals surface area contributed by atoms with Crippen LogP contribution >= 0.6 is 0 Å². The molecule has 1 aromatic carbocycles. The largest absolute Gasteiger partial charge is 0.496 e. The Morgan fingerprint density at radius 2 is 2.24 bits per heavy atom. The molecule has 0 aliphatic heterocycles. The molecule has 0 heterocycles. The van der Waals surface area contributed by atoms with Crippen LogP contribution in [0.2, 0.25) is 0 Å². The minimum atomic E-state index is -0.145. The van der Waals surface area contributed by atoms with E-state index in [0.29, 0.717) is 23.5 Å². The third-order valence-corrected chi connectivity index (χ3v) is 4.39. The lowest BCUT2D eigenvalue weighted by atomic mass is 9.81. The zero-order valence-corrected chi connectivity index (χ0v) is 13.0. The first-order valence-corrected chi connectivity index (χ1v) is 7.82. The van der Waals surface area contributed by atoms with Crippen LogP contribution in [0.3, 0.4) is 0 Å². The average Bonchev–Trinajstić information content (AvgIpc) is 2.46. The molecular weight excluding hydrogens is 264 g/mol. The van der Waals surface area contributed by atoms with Crippen LogP contribution in [0.15, 0.2) is 18.2 Å². The summed E-state index contributed by atoms with van der Waals surface area (Å²) < 4.78 is 5.22. The predicted octanol–water partition coefficient (Wildman–Crippen LogP) is 3.22. The van der Waals surface area contributed by atoms with E-state index >= 15 is 0 Å². The highest BCUT2D eigenvalue weighted by Gasteiger charge is 2.20. The average molecular weight is 290 g/mol. The Kier molecular flexibility index (Phi) is 5.48. The Balaban J connectivity index is 1.87. The number of hydrogen-bond acceptors (Lipinski definition) is 3. The molecule has 2 atom stereocenters. The molecule has 116 valence electrons. The number of benzene rings is 1. The number of nitrogens with one attached hydrogen (secondary N) is 1. The summed E-state index contributed by atoms with van der Waals surface area (Å²) in [6, 6.07) is 5.27. The van der Waals surface area contributed by atoms with Crippen molar-refractivity contribution < 1.29 is 9.53 Å². The molecule has 1 aliphatic rings. The maximum absolute atomic E-state index is 12.3. The number of methoxy groups -OCH3 is 1. The summed E-state index contributed by atoms with van der Waals surface area (Å²) >= 11 is 0. The van der Waals surface area contributed by atoms with Gasteiger partial charge in [-0.05, 0) is 36.8 Å². The van der Waals surface area contributed by atoms with Crippen molar-refractivity contribution in [2.24, 2.45) is 11.8 Å². The molecule has 0 spiro atoms. The zero-order valence-electron chi connectivity index (χ0n) is 13.0. The molecule has 0 bridgehead atoms. The smallest absolute Gasteiger partial charge is 0.257 e. The van der Waals surface area contributed by atoms with Gasteiger partial charge in [0.05, 0.1) is 7.11 Å². The lowest BCUT2D eigenvalue weighted by Gasteiger charge is -2.26. The van der Waals surface area contributed by atoms with Crippen molar-refractivity contribution in [3.63, 3.8) is 0 Å². The first-order chi connectivity index (χ1) is 10.1. The number of amides is 1. The van der Waals surface area contributed by atoms with Crippen LogP contribution in [0.4, 0.5) is 5.69 Å². The van der Waals surface area contributed by atoms with E-state index in [0.717, 1.165) is 18.3 Å². The first-order valence-electron chi connectivity index (χ1n) is 7.82. The summed E-state index contributed by atoms with van der Waals surface area (Å²) in [5, 5.41) is 2.98. The molecular formula is C17H26N2O2. The molecule has 2 unspecified atom stereocenters. The van der Waals surface area contributed by atoms with E-state index in [2.05, 4.69) is 12.2 Å². The fourth-order valence-electron chi connectivity index (χ4n) is 3.26. The van der Waals surface area contributed by atoms with Crippen LogP contribution in [0.1, 0.15) is 49.4 Å². The molecule has 1 aliphatic carbocycles. The summed E-state index contributed by atoms with van der Waals surface area (Å²) in [6.45, 7) is 3.02. The maximum Gasteiger partial charge on any atom is 0.257 e. The van der Waals surface area contributed by atoms with Gasteiger partial charge in [-0.2, -0.15) is 0 Å². The summed E-state index contributed by atoms with van der Waals surface area (Å²) in [5.41, 5.74) is 6.79. The van der Waals surface area contributed by atoms with E-state index in [1.54, 1.807) is 25.3 Å². The number of rotatable bonds is 5. The fraction of sp³-hybridized carbons (Fsp3) is 0.588. The van der Waals surface area contributed by atoms with E-state index in [9.17, 15) is 4.79 Å². The van der Waals surface area contributed by atoms with Crippen LogP contribution in [-0.4, -0.2) is 19.6 Å². The summed E-state index contributed by atoms with van der Waals surface area (Å²) in [7, 11) is 1.55. The van der Waals surface area contributed by atoms with Gasteiger partial charge >= 0.3 is 0 Å². The van der Waals surface area contributed by atoms with Gasteiger partial charge in [0.1, 0.15) is 11.3 Å². The fourth-order valence-corrected chi connectivity index (χ4v) is 3.26. The molecule has 0 radical (unpaired) electrons. The Morgan fingerprint density at radius 1 is 1.43 bits per heavy atom. The number of carbonyl (C=O) groups is 1. The third-order valence-electron chi connectivity index (χ3n) is 4.39. The van der Waals surface area contributed by atoms with Crippen molar-refractivity contribution in [1.82, 2.24) is 5.32 Å². The third kappa shape index (κ3) is 4.13. The van der Waals surface area contributed by atoms with Crippen LogP contribution in [0.25, 0.3) is 0 Å². The lowest BCUT2D eigenvalue weighted by molar-refractivity contribution is 0.0947. The molecule has 3 N–H and O–H groups in total. The van der Waals surface area contributed by atoms with Gasteiger partial charge in [0.25, 0.3) is 5.91 Å². The van der Waals surface area contributed by atoms with Crippen molar-refractivity contribution in [3.05, 3.63) is 23.8 Å². The van der Waals surface area contributed by atoms with Gasteiger partial charge in [0.15, 0.2) is 0 Å². The van der Waals surface area contributed by atoms with Crippen LogP contribution in [-0.2, 0) is 0 Å². The molecule has 2 rings (SSSR count). The second-order valence-corrected chi connectivity index (χ2v) is 6.11. The van der Waals surface area contributed by atoms with Gasteiger partial charge in [0, 0.05) is 12.2 Å². The second-order valence-electron chi connectivity index (χ2n) is 6.11. The number of hydrogen-bond donors (Lipinski definition) is 2. The lowest BCUT2D eigenvalue weighted by Crippen LogP contribution is -2.28. The summed E-state index contributed by atoms with van der Waals surface area (Å²) in [5.74, 6) is 1.95. The molecule has 4 nitrogen and oxygen atoms in total. The van der Waals surface area contributed by atoms with Crippen LogP contribution < -0.4 is 15.8 Å². The Labute approximate surface area is 127 Å². The zero-order chi connectivity index (χ0) is 15.2. The van der Waals surface area contributed by atoms with E-state index in [4.69, 9.17) is 10.5 Å². The molecule has 1 amide bonds. The van der Waals surface area contributed by atoms with E-state index in [-0.39, 0.29) is 5.91 Å². The SMILES string of the molecule is COc1cccc(N)c1C(=O)NCCC1CCCC(C)C1. The quantitative estimate of drug-likeness (QED) is 0.818. The topological polar surface area (TPSA) is 64.3 Å². The molecule has 1 saturated carbocycles. The molecule has 4 heteroatoms. The molecule has 1 aromatic rings. The Morgan fingerprint density at radius 3 is 2.95 bits per heavy atom. The highest BCUT2D eigenvalue weighted by atomic mass is 16.5. The second kappa shape index (κ2) is 7.34. The van der Waals surface area contributed by atoms with Crippen molar-refractivity contribution in [1.29, 1.82) is 0 Å². The van der Waals surface area contributed by atoms with Gasteiger partial charge in [-0.1, -0.05) is 32.3 Å². The minimum Gasteiger partial charge on any atom is -0.496 e. The predicted molar refractivity (Wildman–Crippen MR) is 85.5 cm³/mol. The van der Waals surface area contributed by atoms with Crippen molar-refractivity contribution >= 4 is 11.6 Å². The normalized spacial score (nSPS) is 21.8. The van der Waals surface area contributed by atoms with Gasteiger partial charge in [-0.15, -0.1) is 0 Å². The Bertz CT molecular complexity index is 488. The van der Waals surface area contributed by atoms with E-state index in [1.165, 1.54) is 25.7 Å². The molecule has 21 heavy (non-hydrogen) atoms. The van der Waals surface area contributed by atoms with Gasteiger partial charge in [0.2, 0.25) is 0 Å². The molecule has 1 fully saturated rings. The van der Waals surface area contributed by atoms with Gasteiger partial charge < -0.3 is 15.8 Å². The highest BCUT2D eigenvalue weighted by Crippen LogP contribution is 2.30. The standard InChI is InChI=1S/C17H26N2O2/c1-12-5-3-6-13(11-12)9-10-19-17(20)16-14(18)7-4-8-15(16)21-2/h4,7-8,12-13H,3,5-6,9-11,18H2,1-2H3,(H,19,20). The molecule has 0 aromatic heterocycles. The van der Waals surface area contributed by atoms with Gasteiger partial charge in [-0.25, -0.2) is 0 Å². The van der Waals surface area contributed by atoms with E-state index < -0.39 is 0 Å². The summed E-state index contributed by atoms with van der Waals surface area (Å²) in [4.78, 5) is 12.3. The number of nitrogens with two attached hydrogens (primary N) is 1. The molecule has 0 saturated heterocycles. The van der Waals surface area contributed by atoms with Crippen molar-refractivity contribution in [2.45, 2.75) is 39.0 Å². The van der Waals surface area contributed by atoms with Gasteiger partial charge in [-0.3, -0.25) is 4.79 Å². The van der Waals surface area contributed by atoms with Crippen LogP contribution in [0, 0.1) is 11.8 Å². The number of anilines is 1. The number of ether oxygens (including phenoxy) is 1. The van der Waals surface area contributed by atoms with Crippen molar-refractivity contribution in [2.75, 3.05) is 19.4 Å².